The molecule has 2 aromatic carbocycles. The summed E-state index contributed by atoms with van der Waals surface area (Å²) in [6, 6.07) is 36.7. The van der Waals surface area contributed by atoms with Gasteiger partial charge in [-0.05, 0) is 103 Å². The van der Waals surface area contributed by atoms with Crippen molar-refractivity contribution in [2.45, 2.75) is 65.0 Å². The first-order valence-electron chi connectivity index (χ1n) is 18.6. The first-order chi connectivity index (χ1) is 27.0. The van der Waals surface area contributed by atoms with E-state index >= 15 is 0 Å². The fourth-order valence-corrected chi connectivity index (χ4v) is 6.45. The van der Waals surface area contributed by atoms with Gasteiger partial charge in [-0.1, -0.05) is 42.5 Å². The predicted molar refractivity (Wildman–Crippen MR) is 211 cm³/mol. The number of pyridine rings is 4. The van der Waals surface area contributed by atoms with Gasteiger partial charge < -0.3 is 9.84 Å². The number of aromatic nitrogens is 4. The van der Waals surface area contributed by atoms with E-state index in [1.54, 1.807) is 12.1 Å². The summed E-state index contributed by atoms with van der Waals surface area (Å²) < 4.78 is 6.42. The Morgan fingerprint density at radius 3 is 1.42 bits per heavy atom. The Morgan fingerprint density at radius 1 is 0.509 bits per heavy atom. The standard InChI is InChI=1S/C45H46N6O4/c52-44(37-13-12-14-38(28-37)45(53)54)19-2-1-11-24-55-43-26-35(29-50(31-39-15-3-7-20-46-39)32-40-16-4-8-21-47-40)25-36(27-43)30-51(33-41-17-5-9-22-48-41)34-42-18-6-10-23-49-42/h3-10,12-18,20-23,25-28H,1-2,11,19,24,29-34H2,(H,53,54). The number of nitrogens with zero attached hydrogens (tertiary/aromatic N) is 6. The lowest BCUT2D eigenvalue weighted by Gasteiger charge is -2.25. The summed E-state index contributed by atoms with van der Waals surface area (Å²) in [6.07, 6.45) is 9.93. The van der Waals surface area contributed by atoms with Crippen molar-refractivity contribution < 1.29 is 19.4 Å². The number of ketones is 1. The van der Waals surface area contributed by atoms with E-state index < -0.39 is 5.97 Å². The Morgan fingerprint density at radius 2 is 0.982 bits per heavy atom. The van der Waals surface area contributed by atoms with Crippen LogP contribution in [0.3, 0.4) is 0 Å². The van der Waals surface area contributed by atoms with Crippen LogP contribution in [-0.2, 0) is 39.3 Å². The maximum absolute atomic E-state index is 12.7. The molecule has 0 fully saturated rings. The third kappa shape index (κ3) is 12.8. The summed E-state index contributed by atoms with van der Waals surface area (Å²) in [7, 11) is 0. The van der Waals surface area contributed by atoms with E-state index in [2.05, 4.69) is 47.9 Å². The number of ether oxygens (including phenoxy) is 1. The first kappa shape index (κ1) is 38.6. The molecule has 0 amide bonds. The number of unbranched alkanes of at least 4 members (excludes halogenated alkanes) is 2. The average molecular weight is 735 g/mol. The lowest BCUT2D eigenvalue weighted by Crippen LogP contribution is -2.25. The van der Waals surface area contributed by atoms with Gasteiger partial charge in [0.2, 0.25) is 0 Å². The summed E-state index contributed by atoms with van der Waals surface area (Å²) in [5.74, 6) is -0.300. The van der Waals surface area contributed by atoms with Crippen LogP contribution in [0.4, 0.5) is 0 Å². The molecule has 1 N–H and O–H groups in total. The molecule has 10 nitrogen and oxygen atoms in total. The average Bonchev–Trinajstić information content (AvgIpc) is 3.20. The van der Waals surface area contributed by atoms with Crippen LogP contribution >= 0.6 is 0 Å². The fraction of sp³-hybridized carbons (Fsp3) is 0.244. The van der Waals surface area contributed by atoms with Gasteiger partial charge in [-0.15, -0.1) is 0 Å². The van der Waals surface area contributed by atoms with E-state index in [9.17, 15) is 14.7 Å². The van der Waals surface area contributed by atoms with E-state index in [4.69, 9.17) is 4.74 Å². The summed E-state index contributed by atoms with van der Waals surface area (Å²) in [5.41, 5.74) is 6.71. The molecule has 6 aromatic rings. The molecule has 0 aliphatic rings. The molecule has 0 bridgehead atoms. The second-order valence-corrected chi connectivity index (χ2v) is 13.5. The molecule has 4 aromatic heterocycles. The second-order valence-electron chi connectivity index (χ2n) is 13.5. The molecule has 10 heteroatoms. The molecule has 0 saturated heterocycles. The summed E-state index contributed by atoms with van der Waals surface area (Å²) >= 11 is 0. The SMILES string of the molecule is O=C(O)c1cccc(C(=O)CCCCCOc2cc(CN(Cc3ccccn3)Cc3ccccn3)cc(CN(Cc3ccccn3)Cc3ccccn3)c2)c1. The highest BCUT2D eigenvalue weighted by molar-refractivity contribution is 5.98. The van der Waals surface area contributed by atoms with Crippen LogP contribution < -0.4 is 4.74 Å². The molecular weight excluding hydrogens is 689 g/mol. The van der Waals surface area contributed by atoms with Crippen molar-refractivity contribution in [2.75, 3.05) is 6.61 Å². The highest BCUT2D eigenvalue weighted by atomic mass is 16.5. The summed E-state index contributed by atoms with van der Waals surface area (Å²) in [4.78, 5) is 47.2. The van der Waals surface area contributed by atoms with Crippen molar-refractivity contribution in [3.05, 3.63) is 185 Å². The topological polar surface area (TPSA) is 122 Å². The predicted octanol–water partition coefficient (Wildman–Crippen LogP) is 8.19. The maximum atomic E-state index is 12.7. The zero-order valence-corrected chi connectivity index (χ0v) is 30.9. The minimum Gasteiger partial charge on any atom is -0.494 e. The quantitative estimate of drug-likeness (QED) is 0.0572. The third-order valence-corrected chi connectivity index (χ3v) is 9.03. The van der Waals surface area contributed by atoms with Gasteiger partial charge in [-0.2, -0.15) is 0 Å². The number of Topliss-reactive ketones (excluding diaryl/α,β-unsaturated/α-hetero) is 1. The number of benzene rings is 2. The Hall–Kier alpha value is -6.10. The molecule has 0 spiro atoms. The highest BCUT2D eigenvalue weighted by Gasteiger charge is 2.16. The number of hydrogen-bond acceptors (Lipinski definition) is 9. The number of carboxylic acids is 1. The smallest absolute Gasteiger partial charge is 0.335 e. The van der Waals surface area contributed by atoms with Crippen molar-refractivity contribution in [2.24, 2.45) is 0 Å². The minimum atomic E-state index is -1.04. The zero-order chi connectivity index (χ0) is 38.1. The summed E-state index contributed by atoms with van der Waals surface area (Å²) in [5, 5.41) is 9.28. The van der Waals surface area contributed by atoms with Crippen molar-refractivity contribution in [3.63, 3.8) is 0 Å². The van der Waals surface area contributed by atoms with E-state index in [0.29, 0.717) is 64.3 Å². The van der Waals surface area contributed by atoms with Gasteiger partial charge in [0.15, 0.2) is 5.78 Å². The molecule has 0 aliphatic heterocycles. The number of hydrogen-bond donors (Lipinski definition) is 1. The van der Waals surface area contributed by atoms with Crippen molar-refractivity contribution in [1.82, 2.24) is 29.7 Å². The molecule has 55 heavy (non-hydrogen) atoms. The molecule has 0 radical (unpaired) electrons. The van der Waals surface area contributed by atoms with Gasteiger partial charge in [0.05, 0.1) is 34.9 Å². The van der Waals surface area contributed by atoms with E-state index in [1.807, 2.05) is 97.6 Å². The highest BCUT2D eigenvalue weighted by Crippen LogP contribution is 2.24. The van der Waals surface area contributed by atoms with Crippen LogP contribution in [0, 0.1) is 0 Å². The number of aromatic carboxylic acids is 1. The molecule has 280 valence electrons. The molecule has 6 rings (SSSR count). The maximum Gasteiger partial charge on any atom is 0.335 e. The van der Waals surface area contributed by atoms with Crippen LogP contribution in [-0.4, -0.2) is 53.2 Å². The fourth-order valence-electron chi connectivity index (χ4n) is 6.45. The van der Waals surface area contributed by atoms with Gasteiger partial charge in [-0.25, -0.2) is 4.79 Å². The number of carbonyl (C=O) groups is 2. The Kier molecular flexibility index (Phi) is 14.3. The Labute approximate surface area is 322 Å². The van der Waals surface area contributed by atoms with Gasteiger partial charge in [0.1, 0.15) is 5.75 Å². The number of rotatable bonds is 21. The van der Waals surface area contributed by atoms with Crippen molar-refractivity contribution in [1.29, 1.82) is 0 Å². The number of carboxylic acid groups (broad SMARTS) is 1. The van der Waals surface area contributed by atoms with Crippen LogP contribution in [0.15, 0.2) is 140 Å². The molecule has 0 atom stereocenters. The zero-order valence-electron chi connectivity index (χ0n) is 30.9. The van der Waals surface area contributed by atoms with Crippen LogP contribution in [0.5, 0.6) is 5.75 Å². The molecule has 0 aliphatic carbocycles. The van der Waals surface area contributed by atoms with E-state index in [-0.39, 0.29) is 11.3 Å². The lowest BCUT2D eigenvalue weighted by atomic mass is 10.0. The van der Waals surface area contributed by atoms with Crippen molar-refractivity contribution in [3.8, 4) is 5.75 Å². The van der Waals surface area contributed by atoms with Crippen LogP contribution in [0.1, 0.15) is 80.3 Å². The lowest BCUT2D eigenvalue weighted by molar-refractivity contribution is 0.0697. The normalized spacial score (nSPS) is 11.2. The largest absolute Gasteiger partial charge is 0.494 e. The molecule has 4 heterocycles. The second kappa shape index (κ2) is 20.4. The first-order valence-corrected chi connectivity index (χ1v) is 18.6. The minimum absolute atomic E-state index is 0.0525. The Balaban J connectivity index is 1.18. The van der Waals surface area contributed by atoms with Crippen LogP contribution in [0.2, 0.25) is 0 Å². The Bertz CT molecular complexity index is 1900. The summed E-state index contributed by atoms with van der Waals surface area (Å²) in [6.45, 7) is 4.44. The molecule has 0 unspecified atom stereocenters. The van der Waals surface area contributed by atoms with Crippen molar-refractivity contribution >= 4 is 11.8 Å². The van der Waals surface area contributed by atoms with Crippen LogP contribution in [0.25, 0.3) is 0 Å². The van der Waals surface area contributed by atoms with Gasteiger partial charge in [0, 0.05) is 76.0 Å². The van der Waals surface area contributed by atoms with Gasteiger partial charge in [-0.3, -0.25) is 34.5 Å². The number of carbonyl (C=O) groups excluding carboxylic acids is 1. The molecule has 0 saturated carbocycles. The van der Waals surface area contributed by atoms with E-state index in [0.717, 1.165) is 52.5 Å². The van der Waals surface area contributed by atoms with Gasteiger partial charge >= 0.3 is 5.97 Å². The monoisotopic (exact) mass is 734 g/mol. The third-order valence-electron chi connectivity index (χ3n) is 9.03. The molecular formula is C45H46N6O4. The van der Waals surface area contributed by atoms with Gasteiger partial charge in [0.25, 0.3) is 0 Å². The van der Waals surface area contributed by atoms with E-state index in [1.165, 1.54) is 12.1 Å².